The minimum absolute atomic E-state index is 0.401. The summed E-state index contributed by atoms with van der Waals surface area (Å²) in [7, 11) is 0. The summed E-state index contributed by atoms with van der Waals surface area (Å²) in [6.07, 6.45) is 2.99. The third kappa shape index (κ3) is 1.74. The predicted molar refractivity (Wildman–Crippen MR) is 66.8 cm³/mol. The average Bonchev–Trinajstić information content (AvgIpc) is 3.07. The number of aliphatic hydroxyl groups is 1. The van der Waals surface area contributed by atoms with E-state index in [1.165, 1.54) is 23.1 Å². The molecule has 1 heterocycles. The Balaban J connectivity index is 2.03. The Hall–Kier alpha value is -0.930. The van der Waals surface area contributed by atoms with Gasteiger partial charge in [0, 0.05) is 0 Å². The van der Waals surface area contributed by atoms with E-state index in [9.17, 15) is 5.11 Å². The molecule has 0 spiro atoms. The zero-order valence-electron chi connectivity index (χ0n) is 9.31. The largest absolute Gasteiger partial charge is 0.386 e. The topological polar surface area (TPSA) is 33.1 Å². The maximum Gasteiger partial charge on any atom is 0.122 e. The summed E-state index contributed by atoms with van der Waals surface area (Å²) >= 11 is 1.63. The first-order valence-electron chi connectivity index (χ1n) is 5.86. The minimum atomic E-state index is -0.401. The van der Waals surface area contributed by atoms with E-state index in [2.05, 4.69) is 23.2 Å². The van der Waals surface area contributed by atoms with Gasteiger partial charge in [-0.15, -0.1) is 11.3 Å². The fourth-order valence-electron chi connectivity index (χ4n) is 1.95. The van der Waals surface area contributed by atoms with Crippen LogP contribution in [-0.2, 0) is 0 Å². The van der Waals surface area contributed by atoms with Gasteiger partial charge in [-0.2, -0.15) is 0 Å². The van der Waals surface area contributed by atoms with Crippen molar-refractivity contribution in [2.24, 2.45) is 0 Å². The van der Waals surface area contributed by atoms with Gasteiger partial charge in [0.25, 0.3) is 0 Å². The first-order valence-corrected chi connectivity index (χ1v) is 6.68. The third-order valence-corrected chi connectivity index (χ3v) is 4.27. The van der Waals surface area contributed by atoms with Gasteiger partial charge in [0.05, 0.1) is 10.2 Å². The molecule has 3 rings (SSSR count). The number of hydrogen-bond acceptors (Lipinski definition) is 3. The fraction of sp³-hybridized carbons (Fsp3) is 0.462. The van der Waals surface area contributed by atoms with Crippen LogP contribution in [0.15, 0.2) is 18.2 Å². The van der Waals surface area contributed by atoms with Crippen LogP contribution in [0.25, 0.3) is 10.2 Å². The van der Waals surface area contributed by atoms with Crippen LogP contribution in [0, 0.1) is 0 Å². The van der Waals surface area contributed by atoms with Crippen molar-refractivity contribution in [1.82, 2.24) is 4.98 Å². The molecule has 1 aliphatic rings. The van der Waals surface area contributed by atoms with Crippen LogP contribution in [0.5, 0.6) is 0 Å². The second-order valence-corrected chi connectivity index (χ2v) is 5.54. The van der Waals surface area contributed by atoms with Gasteiger partial charge in [-0.3, -0.25) is 0 Å². The van der Waals surface area contributed by atoms with Gasteiger partial charge in [0.15, 0.2) is 0 Å². The van der Waals surface area contributed by atoms with Crippen molar-refractivity contribution in [2.45, 2.75) is 38.2 Å². The molecule has 1 atom stereocenters. The van der Waals surface area contributed by atoms with Crippen LogP contribution >= 0.6 is 11.3 Å². The highest BCUT2D eigenvalue weighted by Crippen LogP contribution is 2.41. The molecule has 1 fully saturated rings. The van der Waals surface area contributed by atoms with Crippen LogP contribution in [0.1, 0.15) is 48.8 Å². The highest BCUT2D eigenvalue weighted by molar-refractivity contribution is 7.18. The zero-order valence-corrected chi connectivity index (χ0v) is 10.1. The van der Waals surface area contributed by atoms with E-state index >= 15 is 0 Å². The number of thiazole rings is 1. The van der Waals surface area contributed by atoms with E-state index in [1.54, 1.807) is 11.3 Å². The van der Waals surface area contributed by atoms with E-state index in [1.807, 2.05) is 6.92 Å². The van der Waals surface area contributed by atoms with Gasteiger partial charge in [0.2, 0.25) is 0 Å². The molecule has 0 aliphatic heterocycles. The van der Waals surface area contributed by atoms with Crippen LogP contribution in [0.2, 0.25) is 0 Å². The molecule has 1 unspecified atom stereocenters. The molecule has 1 aliphatic carbocycles. The normalized spacial score (nSPS) is 17.9. The number of nitrogens with zero attached hydrogens (tertiary/aromatic N) is 1. The van der Waals surface area contributed by atoms with E-state index < -0.39 is 6.10 Å². The zero-order chi connectivity index (χ0) is 11.1. The lowest BCUT2D eigenvalue weighted by atomic mass is 10.1. The Morgan fingerprint density at radius 2 is 2.31 bits per heavy atom. The molecule has 2 aromatic rings. The molecule has 0 radical (unpaired) electrons. The molecule has 2 nitrogen and oxygen atoms in total. The lowest BCUT2D eigenvalue weighted by Crippen LogP contribution is -1.92. The number of aliphatic hydroxyl groups excluding tert-OH is 1. The van der Waals surface area contributed by atoms with Gasteiger partial charge >= 0.3 is 0 Å². The maximum atomic E-state index is 9.77. The maximum absolute atomic E-state index is 9.77. The van der Waals surface area contributed by atoms with E-state index in [0.29, 0.717) is 0 Å². The molecule has 1 saturated carbocycles. The number of hydrogen-bond donors (Lipinski definition) is 1. The summed E-state index contributed by atoms with van der Waals surface area (Å²) in [5.41, 5.74) is 2.46. The number of fused-ring (bicyclic) bond motifs is 1. The Labute approximate surface area is 99.0 Å². The Morgan fingerprint density at radius 1 is 1.50 bits per heavy atom. The van der Waals surface area contributed by atoms with Crippen molar-refractivity contribution in [3.63, 3.8) is 0 Å². The second-order valence-electron chi connectivity index (χ2n) is 4.48. The molecule has 3 heteroatoms. The average molecular weight is 233 g/mol. The van der Waals surface area contributed by atoms with Gasteiger partial charge < -0.3 is 5.11 Å². The number of benzene rings is 1. The standard InChI is InChI=1S/C13H15NOS/c1-2-11(15)13-14-10-6-5-9(8-3-4-8)7-12(10)16-13/h5-8,11,15H,2-4H2,1H3. The molecule has 1 aromatic carbocycles. The fourth-order valence-corrected chi connectivity index (χ4v) is 3.03. The van der Waals surface area contributed by atoms with Crippen LogP contribution in [0.3, 0.4) is 0 Å². The smallest absolute Gasteiger partial charge is 0.122 e. The summed E-state index contributed by atoms with van der Waals surface area (Å²) < 4.78 is 1.21. The summed E-state index contributed by atoms with van der Waals surface area (Å²) in [6.45, 7) is 1.98. The predicted octanol–water partition coefficient (Wildman–Crippen LogP) is 3.62. The van der Waals surface area contributed by atoms with Crippen molar-refractivity contribution >= 4 is 21.6 Å². The second kappa shape index (κ2) is 3.82. The van der Waals surface area contributed by atoms with Gasteiger partial charge in [-0.25, -0.2) is 4.98 Å². The van der Waals surface area contributed by atoms with E-state index in [0.717, 1.165) is 22.9 Å². The van der Waals surface area contributed by atoms with Crippen molar-refractivity contribution in [1.29, 1.82) is 0 Å². The monoisotopic (exact) mass is 233 g/mol. The number of rotatable bonds is 3. The Bertz CT molecular complexity index is 516. The van der Waals surface area contributed by atoms with Crippen molar-refractivity contribution in [2.75, 3.05) is 0 Å². The minimum Gasteiger partial charge on any atom is -0.386 e. The van der Waals surface area contributed by atoms with Crippen LogP contribution in [0.4, 0.5) is 0 Å². The van der Waals surface area contributed by atoms with E-state index in [-0.39, 0.29) is 0 Å². The molecule has 16 heavy (non-hydrogen) atoms. The quantitative estimate of drug-likeness (QED) is 0.878. The Morgan fingerprint density at radius 3 is 3.00 bits per heavy atom. The van der Waals surface area contributed by atoms with Crippen LogP contribution in [-0.4, -0.2) is 10.1 Å². The van der Waals surface area contributed by atoms with Crippen LogP contribution < -0.4 is 0 Å². The van der Waals surface area contributed by atoms with E-state index in [4.69, 9.17) is 0 Å². The molecule has 0 saturated heterocycles. The molecule has 0 bridgehead atoms. The van der Waals surface area contributed by atoms with Gasteiger partial charge in [-0.1, -0.05) is 13.0 Å². The van der Waals surface area contributed by atoms with Crippen molar-refractivity contribution < 1.29 is 5.11 Å². The first kappa shape index (κ1) is 10.2. The molecular weight excluding hydrogens is 218 g/mol. The first-order chi connectivity index (χ1) is 7.78. The SMILES string of the molecule is CCC(O)c1nc2ccc(C3CC3)cc2s1. The Kier molecular flexibility index (Phi) is 2.45. The van der Waals surface area contributed by atoms with Gasteiger partial charge in [-0.05, 0) is 42.9 Å². The molecule has 0 amide bonds. The highest BCUT2D eigenvalue weighted by atomic mass is 32.1. The summed E-state index contributed by atoms with van der Waals surface area (Å²) in [4.78, 5) is 4.47. The number of aromatic nitrogens is 1. The van der Waals surface area contributed by atoms with Crippen molar-refractivity contribution in [3.8, 4) is 0 Å². The summed E-state index contributed by atoms with van der Waals surface area (Å²) in [5, 5.41) is 10.6. The molecule has 1 aromatic heterocycles. The third-order valence-electron chi connectivity index (χ3n) is 3.15. The molecular formula is C13H15NOS. The lowest BCUT2D eigenvalue weighted by Gasteiger charge is -2.00. The summed E-state index contributed by atoms with van der Waals surface area (Å²) in [5.74, 6) is 0.783. The molecule has 1 N–H and O–H groups in total. The lowest BCUT2D eigenvalue weighted by molar-refractivity contribution is 0.173. The highest BCUT2D eigenvalue weighted by Gasteiger charge is 2.24. The van der Waals surface area contributed by atoms with Gasteiger partial charge in [0.1, 0.15) is 11.1 Å². The summed E-state index contributed by atoms with van der Waals surface area (Å²) in [6, 6.07) is 6.52. The van der Waals surface area contributed by atoms with Crippen molar-refractivity contribution in [3.05, 3.63) is 28.8 Å². The molecule has 84 valence electrons.